The van der Waals surface area contributed by atoms with E-state index in [2.05, 4.69) is 19.9 Å². The van der Waals surface area contributed by atoms with Crippen molar-refractivity contribution >= 4 is 5.78 Å². The molecule has 0 bridgehead atoms. The standard InChI is InChI=1S/C23H36O2/c1-3-4-5-6-16-13-19-15(14-21(16)24)7-8-18-17(19)11-12-23(2)20(18)9-10-22(23)25/h14,16-20,22,25H,3-13H2,1-2H3/t16?,17-,18+,19-,20-,22-,23-/m0/s1. The van der Waals surface area contributed by atoms with Crippen LogP contribution in [0.25, 0.3) is 0 Å². The summed E-state index contributed by atoms with van der Waals surface area (Å²) in [5, 5.41) is 10.5. The van der Waals surface area contributed by atoms with Gasteiger partial charge in [-0.15, -0.1) is 0 Å². The van der Waals surface area contributed by atoms with E-state index in [0.717, 1.165) is 43.4 Å². The molecule has 3 saturated carbocycles. The molecule has 0 radical (unpaired) electrons. The van der Waals surface area contributed by atoms with Gasteiger partial charge < -0.3 is 5.11 Å². The number of hydrogen-bond donors (Lipinski definition) is 1. The number of carbonyl (C=O) groups is 1. The van der Waals surface area contributed by atoms with Gasteiger partial charge in [0.15, 0.2) is 5.78 Å². The van der Waals surface area contributed by atoms with Crippen molar-refractivity contribution in [2.45, 2.75) is 90.6 Å². The van der Waals surface area contributed by atoms with Crippen molar-refractivity contribution in [3.63, 3.8) is 0 Å². The van der Waals surface area contributed by atoms with Crippen molar-refractivity contribution < 1.29 is 9.90 Å². The van der Waals surface area contributed by atoms with Gasteiger partial charge in [0.2, 0.25) is 0 Å². The molecule has 2 heteroatoms. The third-order valence-electron chi connectivity index (χ3n) is 8.63. The summed E-state index contributed by atoms with van der Waals surface area (Å²) in [5.41, 5.74) is 1.66. The average Bonchev–Trinajstić information content (AvgIpc) is 2.91. The summed E-state index contributed by atoms with van der Waals surface area (Å²) < 4.78 is 0. The number of hydrogen-bond acceptors (Lipinski definition) is 2. The van der Waals surface area contributed by atoms with Gasteiger partial charge in [0.05, 0.1) is 6.10 Å². The number of carbonyl (C=O) groups excluding carboxylic acids is 1. The summed E-state index contributed by atoms with van der Waals surface area (Å²) in [6.07, 6.45) is 15.0. The Morgan fingerprint density at radius 1 is 1.16 bits per heavy atom. The minimum Gasteiger partial charge on any atom is -0.393 e. The van der Waals surface area contributed by atoms with Crippen molar-refractivity contribution in [3.8, 4) is 0 Å². The van der Waals surface area contributed by atoms with E-state index >= 15 is 0 Å². The van der Waals surface area contributed by atoms with E-state index in [9.17, 15) is 9.90 Å². The highest BCUT2D eigenvalue weighted by atomic mass is 16.3. The number of ketones is 1. The van der Waals surface area contributed by atoms with E-state index in [1.54, 1.807) is 0 Å². The highest BCUT2D eigenvalue weighted by Crippen LogP contribution is 2.62. The fraction of sp³-hybridized carbons (Fsp3) is 0.870. The Bertz CT molecular complexity index is 550. The zero-order valence-electron chi connectivity index (χ0n) is 16.2. The van der Waals surface area contributed by atoms with Gasteiger partial charge in [-0.2, -0.15) is 0 Å². The Balaban J connectivity index is 1.51. The lowest BCUT2D eigenvalue weighted by atomic mass is 9.51. The van der Waals surface area contributed by atoms with Gasteiger partial charge in [0, 0.05) is 5.92 Å². The van der Waals surface area contributed by atoms with Gasteiger partial charge in [-0.05, 0) is 86.5 Å². The van der Waals surface area contributed by atoms with Gasteiger partial charge in [0.1, 0.15) is 0 Å². The predicted molar refractivity (Wildman–Crippen MR) is 101 cm³/mol. The number of unbranched alkanes of at least 4 members (excludes halogenated alkanes) is 2. The summed E-state index contributed by atoms with van der Waals surface area (Å²) >= 11 is 0. The molecule has 1 N–H and O–H groups in total. The van der Waals surface area contributed by atoms with E-state index in [0.29, 0.717) is 17.6 Å². The lowest BCUT2D eigenvalue weighted by molar-refractivity contribution is -0.120. The molecule has 4 rings (SSSR count). The molecular formula is C23H36O2. The maximum absolute atomic E-state index is 12.6. The third kappa shape index (κ3) is 2.93. The molecule has 0 aromatic carbocycles. The van der Waals surface area contributed by atoms with Gasteiger partial charge in [0.25, 0.3) is 0 Å². The zero-order chi connectivity index (χ0) is 17.6. The maximum Gasteiger partial charge on any atom is 0.158 e. The first-order chi connectivity index (χ1) is 12.0. The van der Waals surface area contributed by atoms with Gasteiger partial charge in [-0.1, -0.05) is 38.7 Å². The Hall–Kier alpha value is -0.630. The Morgan fingerprint density at radius 2 is 2.00 bits per heavy atom. The normalized spacial score (nSPS) is 46.2. The van der Waals surface area contributed by atoms with Crippen molar-refractivity contribution in [1.82, 2.24) is 0 Å². The van der Waals surface area contributed by atoms with Crippen LogP contribution in [0.15, 0.2) is 11.6 Å². The van der Waals surface area contributed by atoms with E-state index in [4.69, 9.17) is 0 Å². The van der Waals surface area contributed by atoms with E-state index in [-0.39, 0.29) is 11.5 Å². The quantitative estimate of drug-likeness (QED) is 0.703. The Labute approximate surface area is 153 Å². The van der Waals surface area contributed by atoms with E-state index < -0.39 is 0 Å². The molecule has 140 valence electrons. The first-order valence-electron chi connectivity index (χ1n) is 11.0. The molecule has 0 spiro atoms. The highest BCUT2D eigenvalue weighted by molar-refractivity contribution is 5.93. The highest BCUT2D eigenvalue weighted by Gasteiger charge is 2.56. The summed E-state index contributed by atoms with van der Waals surface area (Å²) in [5.74, 6) is 3.69. The first-order valence-corrected chi connectivity index (χ1v) is 11.0. The molecule has 0 heterocycles. The smallest absolute Gasteiger partial charge is 0.158 e. The summed E-state index contributed by atoms with van der Waals surface area (Å²) in [7, 11) is 0. The van der Waals surface area contributed by atoms with Crippen molar-refractivity contribution in [1.29, 1.82) is 0 Å². The van der Waals surface area contributed by atoms with Crippen LogP contribution in [0.5, 0.6) is 0 Å². The van der Waals surface area contributed by atoms with Crippen molar-refractivity contribution in [2.75, 3.05) is 0 Å². The molecule has 0 saturated heterocycles. The molecule has 7 atom stereocenters. The molecule has 25 heavy (non-hydrogen) atoms. The number of allylic oxidation sites excluding steroid dienone is 1. The van der Waals surface area contributed by atoms with Crippen LogP contribution in [0.4, 0.5) is 0 Å². The average molecular weight is 345 g/mol. The largest absolute Gasteiger partial charge is 0.393 e. The monoisotopic (exact) mass is 344 g/mol. The maximum atomic E-state index is 12.6. The fourth-order valence-corrected chi connectivity index (χ4v) is 7.13. The molecule has 0 aromatic heterocycles. The van der Waals surface area contributed by atoms with Crippen molar-refractivity contribution in [3.05, 3.63) is 11.6 Å². The zero-order valence-corrected chi connectivity index (χ0v) is 16.2. The Kier molecular flexibility index (Phi) is 4.86. The molecule has 1 unspecified atom stereocenters. The predicted octanol–water partition coefficient (Wildman–Crippen LogP) is 5.30. The molecular weight excluding hydrogens is 308 g/mol. The summed E-state index contributed by atoms with van der Waals surface area (Å²) in [6.45, 7) is 4.59. The molecule has 0 amide bonds. The van der Waals surface area contributed by atoms with Crippen LogP contribution in [-0.4, -0.2) is 17.0 Å². The van der Waals surface area contributed by atoms with Crippen LogP contribution in [0.2, 0.25) is 0 Å². The number of aliphatic hydroxyl groups excluding tert-OH is 1. The second-order valence-corrected chi connectivity index (χ2v) is 9.77. The molecule has 2 nitrogen and oxygen atoms in total. The lowest BCUT2D eigenvalue weighted by Crippen LogP contribution is -2.48. The molecule has 0 aliphatic heterocycles. The summed E-state index contributed by atoms with van der Waals surface area (Å²) in [6, 6.07) is 0. The van der Waals surface area contributed by atoms with Crippen LogP contribution in [0, 0.1) is 35.0 Å². The molecule has 0 aromatic rings. The van der Waals surface area contributed by atoms with Gasteiger partial charge in [-0.25, -0.2) is 0 Å². The fourth-order valence-electron chi connectivity index (χ4n) is 7.13. The number of rotatable bonds is 4. The van der Waals surface area contributed by atoms with Gasteiger partial charge >= 0.3 is 0 Å². The topological polar surface area (TPSA) is 37.3 Å². The van der Waals surface area contributed by atoms with Gasteiger partial charge in [-0.3, -0.25) is 4.79 Å². The lowest BCUT2D eigenvalue weighted by Gasteiger charge is -2.53. The molecule has 3 fully saturated rings. The third-order valence-corrected chi connectivity index (χ3v) is 8.63. The van der Waals surface area contributed by atoms with E-state index in [1.807, 2.05) is 0 Å². The minimum atomic E-state index is -0.0786. The SMILES string of the molecule is CCCCCC1C[C@H]2C(=CC1=O)CC[C@@H]1[C@@H]2CC[C@]2(C)[C@@H](O)CC[C@@H]12. The minimum absolute atomic E-state index is 0.0786. The first kappa shape index (κ1) is 17.8. The van der Waals surface area contributed by atoms with E-state index in [1.165, 1.54) is 50.5 Å². The second-order valence-electron chi connectivity index (χ2n) is 9.77. The van der Waals surface area contributed by atoms with Crippen LogP contribution in [0.3, 0.4) is 0 Å². The van der Waals surface area contributed by atoms with Crippen LogP contribution < -0.4 is 0 Å². The second kappa shape index (κ2) is 6.83. The van der Waals surface area contributed by atoms with Crippen LogP contribution >= 0.6 is 0 Å². The number of aliphatic hydroxyl groups is 1. The van der Waals surface area contributed by atoms with Crippen LogP contribution in [-0.2, 0) is 4.79 Å². The molecule has 4 aliphatic rings. The summed E-state index contributed by atoms with van der Waals surface area (Å²) in [4.78, 5) is 12.6. The van der Waals surface area contributed by atoms with Crippen LogP contribution in [0.1, 0.15) is 84.5 Å². The molecule has 4 aliphatic carbocycles. The number of fused-ring (bicyclic) bond motifs is 5. The van der Waals surface area contributed by atoms with Crippen molar-refractivity contribution in [2.24, 2.45) is 35.0 Å². The Morgan fingerprint density at radius 3 is 2.80 bits per heavy atom.